The van der Waals surface area contributed by atoms with E-state index >= 15 is 0 Å². The predicted molar refractivity (Wildman–Crippen MR) is 77.6 cm³/mol. The Bertz CT molecular complexity index is 610. The normalized spacial score (nSPS) is 9.95. The summed E-state index contributed by atoms with van der Waals surface area (Å²) in [4.78, 5) is 22.2. The van der Waals surface area contributed by atoms with E-state index in [2.05, 4.69) is 21.1 Å². The molecule has 3 amide bonds. The van der Waals surface area contributed by atoms with Crippen LogP contribution in [0.3, 0.4) is 0 Å². The molecule has 0 unspecified atom stereocenters. The summed E-state index contributed by atoms with van der Waals surface area (Å²) >= 11 is 0. The zero-order valence-electron chi connectivity index (χ0n) is 11.6. The number of carbonyl (C=O) groups excluding carboxylic acids is 2. The van der Waals surface area contributed by atoms with Crippen LogP contribution in [0.2, 0.25) is 0 Å². The highest BCUT2D eigenvalue weighted by Gasteiger charge is 2.08. The molecule has 2 aromatic rings. The van der Waals surface area contributed by atoms with Crippen LogP contribution in [0.1, 0.15) is 6.92 Å². The van der Waals surface area contributed by atoms with Crippen LogP contribution in [0, 0.1) is 0 Å². The highest BCUT2D eigenvalue weighted by atomic mass is 16.5. The van der Waals surface area contributed by atoms with Crippen molar-refractivity contribution in [3.63, 3.8) is 0 Å². The van der Waals surface area contributed by atoms with Gasteiger partial charge in [-0.3, -0.25) is 10.1 Å². The molecular formula is C14H16N4O3. The number of nitrogens with one attached hydrogen (secondary N) is 3. The summed E-state index contributed by atoms with van der Waals surface area (Å²) in [6, 6.07) is 10.7. The molecule has 0 spiro atoms. The molecule has 0 aliphatic rings. The van der Waals surface area contributed by atoms with Crippen molar-refractivity contribution in [2.45, 2.75) is 6.92 Å². The maximum absolute atomic E-state index is 11.6. The lowest BCUT2D eigenvalue weighted by Gasteiger charge is -2.05. The van der Waals surface area contributed by atoms with Crippen molar-refractivity contribution in [3.8, 4) is 11.3 Å². The van der Waals surface area contributed by atoms with Crippen LogP contribution in [0.4, 0.5) is 10.6 Å². The second-order valence-electron chi connectivity index (χ2n) is 4.31. The number of carbonyl (C=O) groups is 2. The molecule has 0 aliphatic carbocycles. The van der Waals surface area contributed by atoms with Gasteiger partial charge in [-0.1, -0.05) is 35.5 Å². The summed E-state index contributed by atoms with van der Waals surface area (Å²) in [5.74, 6) is 0.760. The Hall–Kier alpha value is -2.83. The second kappa shape index (κ2) is 7.09. The zero-order chi connectivity index (χ0) is 15.1. The lowest BCUT2D eigenvalue weighted by atomic mass is 10.2. The number of urea groups is 1. The van der Waals surface area contributed by atoms with Crippen molar-refractivity contribution < 1.29 is 14.1 Å². The molecule has 1 aromatic carbocycles. The maximum atomic E-state index is 11.6. The van der Waals surface area contributed by atoms with Crippen LogP contribution >= 0.6 is 0 Å². The average Bonchev–Trinajstić information content (AvgIpc) is 2.93. The third-order valence-electron chi connectivity index (χ3n) is 2.59. The van der Waals surface area contributed by atoms with Gasteiger partial charge in [-0.05, 0) is 0 Å². The Kier molecular flexibility index (Phi) is 4.92. The van der Waals surface area contributed by atoms with Gasteiger partial charge in [0.15, 0.2) is 11.6 Å². The molecule has 7 nitrogen and oxygen atoms in total. The van der Waals surface area contributed by atoms with E-state index in [0.29, 0.717) is 24.7 Å². The smallest absolute Gasteiger partial charge is 0.320 e. The number of rotatable bonds is 5. The van der Waals surface area contributed by atoms with Gasteiger partial charge in [-0.15, -0.1) is 0 Å². The first-order valence-corrected chi connectivity index (χ1v) is 6.46. The molecule has 1 heterocycles. The van der Waals surface area contributed by atoms with Crippen molar-refractivity contribution in [1.82, 2.24) is 15.8 Å². The van der Waals surface area contributed by atoms with E-state index in [1.54, 1.807) is 6.07 Å². The van der Waals surface area contributed by atoms with E-state index < -0.39 is 6.03 Å². The molecule has 2 rings (SSSR count). The zero-order valence-corrected chi connectivity index (χ0v) is 11.6. The van der Waals surface area contributed by atoms with Gasteiger partial charge in [0.05, 0.1) is 0 Å². The fourth-order valence-electron chi connectivity index (χ4n) is 1.65. The van der Waals surface area contributed by atoms with Crippen LogP contribution < -0.4 is 16.0 Å². The Labute approximate surface area is 121 Å². The van der Waals surface area contributed by atoms with Gasteiger partial charge >= 0.3 is 6.03 Å². The van der Waals surface area contributed by atoms with Crippen molar-refractivity contribution in [3.05, 3.63) is 36.4 Å². The topological polar surface area (TPSA) is 96.3 Å². The van der Waals surface area contributed by atoms with Gasteiger partial charge in [0.2, 0.25) is 5.91 Å². The second-order valence-corrected chi connectivity index (χ2v) is 4.31. The highest BCUT2D eigenvalue weighted by Crippen LogP contribution is 2.21. The fourth-order valence-corrected chi connectivity index (χ4v) is 1.65. The first kappa shape index (κ1) is 14.6. The lowest BCUT2D eigenvalue weighted by Crippen LogP contribution is -2.36. The number of aromatic nitrogens is 1. The molecule has 0 bridgehead atoms. The Morgan fingerprint density at radius 2 is 1.86 bits per heavy atom. The minimum atomic E-state index is -0.409. The summed E-state index contributed by atoms with van der Waals surface area (Å²) in [5, 5.41) is 11.5. The molecule has 0 saturated carbocycles. The first-order valence-electron chi connectivity index (χ1n) is 6.46. The van der Waals surface area contributed by atoms with Gasteiger partial charge in [-0.2, -0.15) is 0 Å². The van der Waals surface area contributed by atoms with Crippen LogP contribution in [0.15, 0.2) is 40.9 Å². The number of hydrogen-bond donors (Lipinski definition) is 3. The third kappa shape index (κ3) is 4.64. The molecule has 110 valence electrons. The van der Waals surface area contributed by atoms with Crippen molar-refractivity contribution in [1.29, 1.82) is 0 Å². The van der Waals surface area contributed by atoms with Crippen molar-refractivity contribution in [2.75, 3.05) is 18.4 Å². The minimum Gasteiger partial charge on any atom is -0.355 e. The largest absolute Gasteiger partial charge is 0.355 e. The van der Waals surface area contributed by atoms with Crippen LogP contribution in [0.25, 0.3) is 11.3 Å². The summed E-state index contributed by atoms with van der Waals surface area (Å²) < 4.78 is 5.16. The van der Waals surface area contributed by atoms with E-state index in [1.165, 1.54) is 6.92 Å². The molecular weight excluding hydrogens is 272 g/mol. The van der Waals surface area contributed by atoms with Crippen LogP contribution in [0.5, 0.6) is 0 Å². The van der Waals surface area contributed by atoms with Gasteiger partial charge in [0.1, 0.15) is 0 Å². The molecule has 1 aromatic heterocycles. The molecule has 21 heavy (non-hydrogen) atoms. The standard InChI is InChI=1S/C14H16N4O3/c1-10(19)15-7-8-16-14(20)17-13-9-12(21-18-13)11-5-3-2-4-6-11/h2-6,9H,7-8H2,1H3,(H,15,19)(H2,16,17,18,20). The SMILES string of the molecule is CC(=O)NCCNC(=O)Nc1cc(-c2ccccc2)on1. The summed E-state index contributed by atoms with van der Waals surface area (Å²) in [5.41, 5.74) is 0.879. The molecule has 0 aliphatic heterocycles. The Morgan fingerprint density at radius 3 is 2.57 bits per heavy atom. The van der Waals surface area contributed by atoms with E-state index in [9.17, 15) is 9.59 Å². The van der Waals surface area contributed by atoms with Crippen LogP contribution in [-0.4, -0.2) is 30.2 Å². The monoisotopic (exact) mass is 288 g/mol. The molecule has 0 saturated heterocycles. The molecule has 3 N–H and O–H groups in total. The minimum absolute atomic E-state index is 0.138. The Balaban J connectivity index is 1.82. The van der Waals surface area contributed by atoms with E-state index in [1.807, 2.05) is 30.3 Å². The summed E-state index contributed by atoms with van der Waals surface area (Å²) in [7, 11) is 0. The highest BCUT2D eigenvalue weighted by molar-refractivity contribution is 5.88. The number of amides is 3. The van der Waals surface area contributed by atoms with Crippen molar-refractivity contribution in [2.24, 2.45) is 0 Å². The van der Waals surface area contributed by atoms with E-state index in [0.717, 1.165) is 5.56 Å². The molecule has 0 fully saturated rings. The fraction of sp³-hybridized carbons (Fsp3) is 0.214. The molecule has 7 heteroatoms. The summed E-state index contributed by atoms with van der Waals surface area (Å²) in [6.07, 6.45) is 0. The quantitative estimate of drug-likeness (QED) is 0.728. The number of benzene rings is 1. The van der Waals surface area contributed by atoms with Gasteiger partial charge in [-0.25, -0.2) is 4.79 Å². The number of nitrogens with zero attached hydrogens (tertiary/aromatic N) is 1. The Morgan fingerprint density at radius 1 is 1.14 bits per heavy atom. The predicted octanol–water partition coefficient (Wildman–Crippen LogP) is 1.60. The lowest BCUT2D eigenvalue weighted by molar-refractivity contribution is -0.118. The number of anilines is 1. The first-order chi connectivity index (χ1) is 10.1. The van der Waals surface area contributed by atoms with Gasteiger partial charge < -0.3 is 15.2 Å². The third-order valence-corrected chi connectivity index (χ3v) is 2.59. The van der Waals surface area contributed by atoms with Gasteiger partial charge in [0, 0.05) is 31.6 Å². The van der Waals surface area contributed by atoms with E-state index in [4.69, 9.17) is 4.52 Å². The molecule has 0 radical (unpaired) electrons. The van der Waals surface area contributed by atoms with Crippen LogP contribution in [-0.2, 0) is 4.79 Å². The van der Waals surface area contributed by atoms with E-state index in [-0.39, 0.29) is 5.91 Å². The average molecular weight is 288 g/mol. The number of hydrogen-bond acceptors (Lipinski definition) is 4. The van der Waals surface area contributed by atoms with Crippen molar-refractivity contribution >= 4 is 17.8 Å². The molecule has 0 atom stereocenters. The summed E-state index contributed by atoms with van der Waals surface area (Å²) in [6.45, 7) is 2.12. The van der Waals surface area contributed by atoms with Gasteiger partial charge in [0.25, 0.3) is 0 Å². The maximum Gasteiger partial charge on any atom is 0.320 e.